The number of carbonyl (C=O) groups excluding carboxylic acids is 1. The Kier molecular flexibility index (Phi) is 4.34. The van der Waals surface area contributed by atoms with Gasteiger partial charge in [-0.25, -0.2) is 4.98 Å². The van der Waals surface area contributed by atoms with Gasteiger partial charge >= 0.3 is 0 Å². The molecule has 1 saturated heterocycles. The van der Waals surface area contributed by atoms with Crippen LogP contribution in [0.25, 0.3) is 0 Å². The first-order valence-corrected chi connectivity index (χ1v) is 7.63. The van der Waals surface area contributed by atoms with Crippen molar-refractivity contribution in [1.82, 2.24) is 14.5 Å². The maximum Gasteiger partial charge on any atom is 0.289 e. The van der Waals surface area contributed by atoms with E-state index in [9.17, 15) is 4.79 Å². The molecule has 6 nitrogen and oxygen atoms in total. The second kappa shape index (κ2) is 6.42. The molecule has 0 N–H and O–H groups in total. The number of nitrogens with zero attached hydrogens (tertiary/aromatic N) is 3. The van der Waals surface area contributed by atoms with Crippen LogP contribution in [0.1, 0.15) is 17.0 Å². The summed E-state index contributed by atoms with van der Waals surface area (Å²) < 4.78 is 13.3. The molecule has 6 heteroatoms. The number of methoxy groups -OCH3 is 1. The molecule has 0 spiro atoms. The van der Waals surface area contributed by atoms with E-state index < -0.39 is 5.60 Å². The molecule has 2 heterocycles. The van der Waals surface area contributed by atoms with E-state index in [1.807, 2.05) is 37.4 Å². The maximum absolute atomic E-state index is 12.6. The normalized spacial score (nSPS) is 20.7. The maximum atomic E-state index is 12.6. The molecule has 1 atom stereocenters. The van der Waals surface area contributed by atoms with Gasteiger partial charge in [0, 0.05) is 33.1 Å². The van der Waals surface area contributed by atoms with E-state index >= 15 is 0 Å². The lowest BCUT2D eigenvalue weighted by Crippen LogP contribution is -2.42. The largest absolute Gasteiger partial charge is 0.491 e. The van der Waals surface area contributed by atoms with Gasteiger partial charge in [0.25, 0.3) is 5.91 Å². The molecule has 3 rings (SSSR count). The summed E-state index contributed by atoms with van der Waals surface area (Å²) in [6, 6.07) is 9.63. The number of hydrogen-bond donors (Lipinski definition) is 0. The van der Waals surface area contributed by atoms with Crippen molar-refractivity contribution in [1.29, 1.82) is 0 Å². The first kappa shape index (κ1) is 15.6. The van der Waals surface area contributed by atoms with E-state index in [1.165, 1.54) is 0 Å². The lowest BCUT2D eigenvalue weighted by molar-refractivity contribution is -0.0343. The number of ether oxygens (including phenoxy) is 2. The lowest BCUT2D eigenvalue weighted by Gasteiger charge is -2.27. The zero-order valence-electron chi connectivity index (χ0n) is 13.4. The summed E-state index contributed by atoms with van der Waals surface area (Å²) >= 11 is 0. The highest BCUT2D eigenvalue weighted by Gasteiger charge is 2.42. The van der Waals surface area contributed by atoms with E-state index in [4.69, 9.17) is 9.47 Å². The average Bonchev–Trinajstić information content (AvgIpc) is 3.20. The molecule has 0 bridgehead atoms. The predicted molar refractivity (Wildman–Crippen MR) is 85.4 cm³/mol. The van der Waals surface area contributed by atoms with Crippen LogP contribution in [0.5, 0.6) is 5.75 Å². The Morgan fingerprint density at radius 1 is 1.35 bits per heavy atom. The summed E-state index contributed by atoms with van der Waals surface area (Å²) in [5.41, 5.74) is -0.476. The van der Waals surface area contributed by atoms with Crippen LogP contribution >= 0.6 is 0 Å². The van der Waals surface area contributed by atoms with Gasteiger partial charge in [0.15, 0.2) is 5.82 Å². The number of imidazole rings is 1. The molecule has 0 aliphatic carbocycles. The number of para-hydroxylation sites is 1. The standard InChI is InChI=1S/C17H21N3O3/c1-19-11-9-18-15(19)16(21)20-10-8-17(12-20,22-2)13-23-14-6-4-3-5-7-14/h3-7,9,11H,8,10,12-13H2,1-2H3. The Morgan fingerprint density at radius 2 is 2.13 bits per heavy atom. The molecule has 1 aromatic carbocycles. The quantitative estimate of drug-likeness (QED) is 0.843. The topological polar surface area (TPSA) is 56.6 Å². The second-order valence-electron chi connectivity index (χ2n) is 5.83. The smallest absolute Gasteiger partial charge is 0.289 e. The predicted octanol–water partition coefficient (Wildman–Crippen LogP) is 1.73. The van der Waals surface area contributed by atoms with Gasteiger partial charge in [-0.2, -0.15) is 0 Å². The summed E-state index contributed by atoms with van der Waals surface area (Å²) in [5, 5.41) is 0. The number of rotatable bonds is 5. The third-order valence-electron chi connectivity index (χ3n) is 4.29. The van der Waals surface area contributed by atoms with Gasteiger partial charge < -0.3 is 18.9 Å². The summed E-state index contributed by atoms with van der Waals surface area (Å²) in [6.07, 6.45) is 4.14. The van der Waals surface area contributed by atoms with Gasteiger partial charge in [-0.1, -0.05) is 18.2 Å². The molecule has 1 fully saturated rings. The monoisotopic (exact) mass is 315 g/mol. The first-order valence-electron chi connectivity index (χ1n) is 7.63. The van der Waals surface area contributed by atoms with Crippen molar-refractivity contribution in [2.45, 2.75) is 12.0 Å². The molecule has 2 aromatic rings. The van der Waals surface area contributed by atoms with Crippen molar-refractivity contribution in [2.24, 2.45) is 7.05 Å². The Labute approximate surface area is 135 Å². The Bertz CT molecular complexity index is 671. The minimum absolute atomic E-state index is 0.0730. The van der Waals surface area contributed by atoms with Crippen LogP contribution in [0, 0.1) is 0 Å². The van der Waals surface area contributed by atoms with Crippen LogP contribution in [0.2, 0.25) is 0 Å². The summed E-state index contributed by atoms with van der Waals surface area (Å²) in [4.78, 5) is 18.5. The van der Waals surface area contributed by atoms with E-state index in [1.54, 1.807) is 29.0 Å². The fourth-order valence-electron chi connectivity index (χ4n) is 2.81. The van der Waals surface area contributed by atoms with Crippen LogP contribution in [0.15, 0.2) is 42.7 Å². The van der Waals surface area contributed by atoms with Gasteiger partial charge in [-0.05, 0) is 18.6 Å². The molecule has 0 saturated carbocycles. The summed E-state index contributed by atoms with van der Waals surface area (Å²) in [6.45, 7) is 1.55. The third kappa shape index (κ3) is 3.22. The molecular formula is C17H21N3O3. The molecule has 1 aliphatic rings. The molecule has 23 heavy (non-hydrogen) atoms. The Hall–Kier alpha value is -2.34. The molecular weight excluding hydrogens is 294 g/mol. The van der Waals surface area contributed by atoms with E-state index in [2.05, 4.69) is 4.98 Å². The van der Waals surface area contributed by atoms with Crippen LogP contribution in [-0.4, -0.2) is 52.8 Å². The summed E-state index contributed by atoms with van der Waals surface area (Å²) in [5.74, 6) is 1.18. The molecule has 0 radical (unpaired) electrons. The third-order valence-corrected chi connectivity index (χ3v) is 4.29. The SMILES string of the molecule is COC1(COc2ccccc2)CCN(C(=O)c2nccn2C)C1. The lowest BCUT2D eigenvalue weighted by atomic mass is 10.0. The van der Waals surface area contributed by atoms with Crippen molar-refractivity contribution in [3.8, 4) is 5.75 Å². The van der Waals surface area contributed by atoms with Crippen molar-refractivity contribution < 1.29 is 14.3 Å². The van der Waals surface area contributed by atoms with Crippen LogP contribution in [0.4, 0.5) is 0 Å². The highest BCUT2D eigenvalue weighted by molar-refractivity contribution is 5.91. The first-order chi connectivity index (χ1) is 11.1. The number of hydrogen-bond acceptors (Lipinski definition) is 4. The second-order valence-corrected chi connectivity index (χ2v) is 5.83. The molecule has 1 aromatic heterocycles. The molecule has 1 aliphatic heterocycles. The highest BCUT2D eigenvalue weighted by atomic mass is 16.5. The zero-order chi connectivity index (χ0) is 16.3. The van der Waals surface area contributed by atoms with Crippen molar-refractivity contribution in [3.05, 3.63) is 48.5 Å². The molecule has 1 amide bonds. The van der Waals surface area contributed by atoms with Gasteiger partial charge in [-0.3, -0.25) is 4.79 Å². The van der Waals surface area contributed by atoms with E-state index in [0.29, 0.717) is 25.5 Å². The number of amides is 1. The van der Waals surface area contributed by atoms with Crippen molar-refractivity contribution in [2.75, 3.05) is 26.8 Å². The fourth-order valence-corrected chi connectivity index (χ4v) is 2.81. The number of benzene rings is 1. The van der Waals surface area contributed by atoms with Gasteiger partial charge in [0.05, 0.1) is 6.54 Å². The van der Waals surface area contributed by atoms with E-state index in [0.717, 1.165) is 12.2 Å². The number of aryl methyl sites for hydroxylation is 1. The van der Waals surface area contributed by atoms with E-state index in [-0.39, 0.29) is 5.91 Å². The van der Waals surface area contributed by atoms with Crippen molar-refractivity contribution >= 4 is 5.91 Å². The van der Waals surface area contributed by atoms with Crippen LogP contribution in [0.3, 0.4) is 0 Å². The van der Waals surface area contributed by atoms with Crippen LogP contribution in [-0.2, 0) is 11.8 Å². The Balaban J connectivity index is 1.66. The number of aromatic nitrogens is 2. The van der Waals surface area contributed by atoms with Crippen LogP contribution < -0.4 is 4.74 Å². The highest BCUT2D eigenvalue weighted by Crippen LogP contribution is 2.27. The van der Waals surface area contributed by atoms with Gasteiger partial charge in [0.2, 0.25) is 0 Å². The van der Waals surface area contributed by atoms with Gasteiger partial charge in [0.1, 0.15) is 18.0 Å². The van der Waals surface area contributed by atoms with Gasteiger partial charge in [-0.15, -0.1) is 0 Å². The summed E-state index contributed by atoms with van der Waals surface area (Å²) in [7, 11) is 3.49. The molecule has 122 valence electrons. The minimum Gasteiger partial charge on any atom is -0.491 e. The fraction of sp³-hybridized carbons (Fsp3) is 0.412. The average molecular weight is 315 g/mol. The number of carbonyl (C=O) groups is 1. The van der Waals surface area contributed by atoms with Crippen molar-refractivity contribution in [3.63, 3.8) is 0 Å². The number of likely N-dealkylation sites (tertiary alicyclic amines) is 1. The Morgan fingerprint density at radius 3 is 2.78 bits per heavy atom. The zero-order valence-corrected chi connectivity index (χ0v) is 13.4. The minimum atomic E-state index is -0.476. The molecule has 1 unspecified atom stereocenters.